The summed E-state index contributed by atoms with van der Waals surface area (Å²) in [6.45, 7) is 0. The summed E-state index contributed by atoms with van der Waals surface area (Å²) < 4.78 is 18.4. The highest BCUT2D eigenvalue weighted by molar-refractivity contribution is 5.82. The van der Waals surface area contributed by atoms with Crippen LogP contribution in [-0.4, -0.2) is 18.4 Å². The molecule has 0 radical (unpaired) electrons. The highest BCUT2D eigenvalue weighted by Gasteiger charge is 2.29. The van der Waals surface area contributed by atoms with Gasteiger partial charge in [-0.05, 0) is 30.5 Å². The average Bonchev–Trinajstić information content (AvgIpc) is 2.39. The number of nitrogens with two attached hydrogens (primary N) is 1. The van der Waals surface area contributed by atoms with Crippen LogP contribution in [0.4, 0.5) is 4.39 Å². The van der Waals surface area contributed by atoms with E-state index in [-0.39, 0.29) is 23.5 Å². The van der Waals surface area contributed by atoms with Crippen LogP contribution in [0.3, 0.4) is 0 Å². The molecule has 0 unspecified atom stereocenters. The topological polar surface area (TPSA) is 52.3 Å². The van der Waals surface area contributed by atoms with Crippen LogP contribution in [-0.2, 0) is 11.2 Å². The van der Waals surface area contributed by atoms with Crippen molar-refractivity contribution in [2.24, 2.45) is 5.73 Å². The molecule has 3 nitrogen and oxygen atoms in total. The number of rotatable bonds is 5. The summed E-state index contributed by atoms with van der Waals surface area (Å²) in [5, 5.41) is 0. The summed E-state index contributed by atoms with van der Waals surface area (Å²) in [5.74, 6) is -0.152. The molecule has 1 aliphatic rings. The van der Waals surface area contributed by atoms with Crippen LogP contribution in [0.1, 0.15) is 44.1 Å². The summed E-state index contributed by atoms with van der Waals surface area (Å²) in [6, 6.07) is 4.64. The number of hydrogen-bond acceptors (Lipinski definition) is 3. The van der Waals surface area contributed by atoms with Gasteiger partial charge in [0.25, 0.3) is 0 Å². The molecule has 1 fully saturated rings. The second-order valence-electron chi connectivity index (χ2n) is 5.78. The maximum absolute atomic E-state index is 13.6. The Labute approximate surface area is 119 Å². The molecule has 1 aromatic rings. The SMILES string of the molecule is COc1ccc(CC(=O)CC2(N)CCCCC2)cc1F. The molecule has 20 heavy (non-hydrogen) atoms. The van der Waals surface area contributed by atoms with Crippen molar-refractivity contribution in [3.05, 3.63) is 29.6 Å². The van der Waals surface area contributed by atoms with E-state index in [4.69, 9.17) is 10.5 Å². The maximum Gasteiger partial charge on any atom is 0.165 e. The van der Waals surface area contributed by atoms with Crippen molar-refractivity contribution in [3.63, 3.8) is 0 Å². The van der Waals surface area contributed by atoms with Gasteiger partial charge < -0.3 is 10.5 Å². The maximum atomic E-state index is 13.6. The lowest BCUT2D eigenvalue weighted by Crippen LogP contribution is -2.43. The third kappa shape index (κ3) is 3.79. The Morgan fingerprint density at radius 1 is 1.35 bits per heavy atom. The highest BCUT2D eigenvalue weighted by atomic mass is 19.1. The number of Topliss-reactive ketones (excluding diaryl/α,β-unsaturated/α-hetero) is 1. The summed E-state index contributed by atoms with van der Waals surface area (Å²) in [7, 11) is 1.42. The molecular weight excluding hydrogens is 257 g/mol. The first-order chi connectivity index (χ1) is 9.52. The monoisotopic (exact) mass is 279 g/mol. The van der Waals surface area contributed by atoms with Crippen molar-refractivity contribution in [2.75, 3.05) is 7.11 Å². The van der Waals surface area contributed by atoms with E-state index in [1.54, 1.807) is 12.1 Å². The Balaban J connectivity index is 1.95. The predicted octanol–water partition coefficient (Wildman–Crippen LogP) is 3.00. The molecule has 0 bridgehead atoms. The Morgan fingerprint density at radius 3 is 2.65 bits per heavy atom. The minimum absolute atomic E-state index is 0.0824. The van der Waals surface area contributed by atoms with E-state index in [0.29, 0.717) is 12.0 Å². The van der Waals surface area contributed by atoms with Gasteiger partial charge in [-0.25, -0.2) is 4.39 Å². The average molecular weight is 279 g/mol. The van der Waals surface area contributed by atoms with E-state index in [1.807, 2.05) is 0 Å². The number of hydrogen-bond donors (Lipinski definition) is 1. The van der Waals surface area contributed by atoms with Gasteiger partial charge in [-0.15, -0.1) is 0 Å². The van der Waals surface area contributed by atoms with Crippen molar-refractivity contribution < 1.29 is 13.9 Å². The molecule has 0 atom stereocenters. The first-order valence-electron chi connectivity index (χ1n) is 7.15. The number of ketones is 1. The molecule has 110 valence electrons. The van der Waals surface area contributed by atoms with Gasteiger partial charge in [0.05, 0.1) is 7.11 Å². The third-order valence-corrected chi connectivity index (χ3v) is 4.02. The van der Waals surface area contributed by atoms with Gasteiger partial charge in [0, 0.05) is 18.4 Å². The van der Waals surface area contributed by atoms with E-state index >= 15 is 0 Å². The van der Waals surface area contributed by atoms with Crippen LogP contribution in [0.2, 0.25) is 0 Å². The molecule has 2 rings (SSSR count). The normalized spacial score (nSPS) is 17.8. The number of carbonyl (C=O) groups is 1. The van der Waals surface area contributed by atoms with Crippen molar-refractivity contribution >= 4 is 5.78 Å². The van der Waals surface area contributed by atoms with Gasteiger partial charge in [0.1, 0.15) is 5.78 Å². The van der Waals surface area contributed by atoms with Crippen molar-refractivity contribution in [3.8, 4) is 5.75 Å². The first-order valence-corrected chi connectivity index (χ1v) is 7.15. The second-order valence-corrected chi connectivity index (χ2v) is 5.78. The molecule has 1 saturated carbocycles. The fraction of sp³-hybridized carbons (Fsp3) is 0.562. The quantitative estimate of drug-likeness (QED) is 0.901. The standard InChI is InChI=1S/C16H22FNO2/c1-20-15-6-5-12(10-14(15)17)9-13(19)11-16(18)7-3-2-4-8-16/h5-6,10H,2-4,7-9,11,18H2,1H3. The van der Waals surface area contributed by atoms with Gasteiger partial charge in [0.15, 0.2) is 11.6 Å². The Kier molecular flexibility index (Phi) is 4.76. The molecule has 0 aromatic heterocycles. The number of ether oxygens (including phenoxy) is 1. The molecule has 0 heterocycles. The smallest absolute Gasteiger partial charge is 0.165 e. The largest absolute Gasteiger partial charge is 0.494 e. The van der Waals surface area contributed by atoms with Gasteiger partial charge in [-0.3, -0.25) is 4.79 Å². The van der Waals surface area contributed by atoms with E-state index in [0.717, 1.165) is 25.7 Å². The molecule has 0 saturated heterocycles. The van der Waals surface area contributed by atoms with Crippen LogP contribution in [0.15, 0.2) is 18.2 Å². The number of carbonyl (C=O) groups excluding carboxylic acids is 1. The van der Waals surface area contributed by atoms with Gasteiger partial charge in [-0.2, -0.15) is 0 Å². The van der Waals surface area contributed by atoms with Crippen molar-refractivity contribution in [2.45, 2.75) is 50.5 Å². The van der Waals surface area contributed by atoms with E-state index in [1.165, 1.54) is 19.6 Å². The lowest BCUT2D eigenvalue weighted by Gasteiger charge is -2.32. The molecule has 1 aliphatic carbocycles. The van der Waals surface area contributed by atoms with E-state index in [9.17, 15) is 9.18 Å². The fourth-order valence-electron chi connectivity index (χ4n) is 2.94. The zero-order valence-corrected chi connectivity index (χ0v) is 12.0. The summed E-state index contributed by atoms with van der Waals surface area (Å²) in [5.41, 5.74) is 6.60. The summed E-state index contributed by atoms with van der Waals surface area (Å²) >= 11 is 0. The van der Waals surface area contributed by atoms with Crippen molar-refractivity contribution in [1.29, 1.82) is 0 Å². The minimum Gasteiger partial charge on any atom is -0.494 e. The van der Waals surface area contributed by atoms with Gasteiger partial charge >= 0.3 is 0 Å². The fourth-order valence-corrected chi connectivity index (χ4v) is 2.94. The van der Waals surface area contributed by atoms with Gasteiger partial charge in [0.2, 0.25) is 0 Å². The number of halogens is 1. The van der Waals surface area contributed by atoms with E-state index in [2.05, 4.69) is 0 Å². The molecule has 2 N–H and O–H groups in total. The van der Waals surface area contributed by atoms with Crippen molar-refractivity contribution in [1.82, 2.24) is 0 Å². The summed E-state index contributed by atoms with van der Waals surface area (Å²) in [4.78, 5) is 12.1. The van der Waals surface area contributed by atoms with E-state index < -0.39 is 5.82 Å². The second kappa shape index (κ2) is 6.35. The predicted molar refractivity (Wildman–Crippen MR) is 76.3 cm³/mol. The molecular formula is C16H22FNO2. The van der Waals surface area contributed by atoms with Crippen LogP contribution >= 0.6 is 0 Å². The first kappa shape index (κ1) is 15.0. The number of methoxy groups -OCH3 is 1. The zero-order chi connectivity index (χ0) is 14.6. The Hall–Kier alpha value is -1.42. The molecule has 0 amide bonds. The Morgan fingerprint density at radius 2 is 2.05 bits per heavy atom. The number of benzene rings is 1. The van der Waals surface area contributed by atoms with Crippen LogP contribution in [0.5, 0.6) is 5.75 Å². The lowest BCUT2D eigenvalue weighted by molar-refractivity contribution is -0.119. The zero-order valence-electron chi connectivity index (χ0n) is 12.0. The molecule has 4 heteroatoms. The molecule has 0 spiro atoms. The summed E-state index contributed by atoms with van der Waals surface area (Å²) in [6.07, 6.45) is 5.85. The van der Waals surface area contributed by atoms with Gasteiger partial charge in [-0.1, -0.05) is 25.3 Å². The lowest BCUT2D eigenvalue weighted by atomic mass is 9.78. The molecule has 1 aromatic carbocycles. The van der Waals surface area contributed by atoms with Crippen LogP contribution < -0.4 is 10.5 Å². The highest BCUT2D eigenvalue weighted by Crippen LogP contribution is 2.29. The van der Waals surface area contributed by atoms with Crippen LogP contribution in [0.25, 0.3) is 0 Å². The minimum atomic E-state index is -0.432. The third-order valence-electron chi connectivity index (χ3n) is 4.02. The van der Waals surface area contributed by atoms with Crippen LogP contribution in [0, 0.1) is 5.82 Å². The Bertz CT molecular complexity index is 481. The molecule has 0 aliphatic heterocycles.